The number of hydrogen-bond acceptors (Lipinski definition) is 6. The van der Waals surface area contributed by atoms with Crippen LogP contribution in [0.2, 0.25) is 0 Å². The lowest BCUT2D eigenvalue weighted by Gasteiger charge is -2.47. The minimum atomic E-state index is -0.209. The molecule has 1 saturated carbocycles. The number of amides is 2. The number of hydrogen-bond donors (Lipinski definition) is 2. The maximum Gasteiger partial charge on any atom is 0.255 e. The summed E-state index contributed by atoms with van der Waals surface area (Å²) in [5, 5.41) is 6.29. The number of carbonyl (C=O) groups excluding carboxylic acids is 2. The Labute approximate surface area is 213 Å². The van der Waals surface area contributed by atoms with Crippen LogP contribution in [-0.2, 0) is 0 Å². The molecular formula is C28H38N2O6. The van der Waals surface area contributed by atoms with Gasteiger partial charge < -0.3 is 29.6 Å². The van der Waals surface area contributed by atoms with Crippen LogP contribution >= 0.6 is 0 Å². The number of benzene rings is 2. The van der Waals surface area contributed by atoms with Crippen LogP contribution in [0.1, 0.15) is 60.7 Å². The molecule has 0 saturated heterocycles. The molecule has 0 spiro atoms. The molecule has 0 heterocycles. The molecule has 2 amide bonds. The van der Waals surface area contributed by atoms with Crippen molar-refractivity contribution in [3.63, 3.8) is 0 Å². The van der Waals surface area contributed by atoms with Crippen LogP contribution in [0.4, 0.5) is 0 Å². The molecule has 1 aliphatic rings. The highest BCUT2D eigenvalue weighted by molar-refractivity contribution is 5.98. The van der Waals surface area contributed by atoms with Crippen molar-refractivity contribution in [3.8, 4) is 23.0 Å². The number of ether oxygens (including phenoxy) is 4. The predicted octanol–water partition coefficient (Wildman–Crippen LogP) is 4.47. The van der Waals surface area contributed by atoms with E-state index in [-0.39, 0.29) is 28.7 Å². The molecule has 1 fully saturated rings. The van der Waals surface area contributed by atoms with E-state index in [0.717, 1.165) is 19.3 Å². The molecule has 8 nitrogen and oxygen atoms in total. The highest BCUT2D eigenvalue weighted by Crippen LogP contribution is 2.46. The molecular weight excluding hydrogens is 460 g/mol. The van der Waals surface area contributed by atoms with E-state index in [4.69, 9.17) is 18.9 Å². The van der Waals surface area contributed by atoms with Crippen LogP contribution in [0.25, 0.3) is 0 Å². The van der Waals surface area contributed by atoms with Gasteiger partial charge in [-0.05, 0) is 54.4 Å². The van der Waals surface area contributed by atoms with Crippen molar-refractivity contribution < 1.29 is 28.5 Å². The van der Waals surface area contributed by atoms with Crippen molar-refractivity contribution >= 4 is 11.8 Å². The van der Waals surface area contributed by atoms with Crippen molar-refractivity contribution in [2.75, 3.05) is 35.0 Å². The molecule has 0 aromatic heterocycles. The zero-order chi connectivity index (χ0) is 26.5. The third-order valence-corrected chi connectivity index (χ3v) is 6.76. The van der Waals surface area contributed by atoms with Gasteiger partial charge in [0.25, 0.3) is 11.8 Å². The topological polar surface area (TPSA) is 95.1 Å². The molecule has 2 aromatic rings. The first-order valence-electron chi connectivity index (χ1n) is 12.1. The molecule has 1 aliphatic carbocycles. The van der Waals surface area contributed by atoms with Gasteiger partial charge in [0.1, 0.15) is 23.0 Å². The van der Waals surface area contributed by atoms with Crippen LogP contribution in [0, 0.1) is 10.8 Å². The monoisotopic (exact) mass is 498 g/mol. The summed E-state index contributed by atoms with van der Waals surface area (Å²) in [7, 11) is 6.21. The van der Waals surface area contributed by atoms with Gasteiger partial charge in [-0.25, -0.2) is 0 Å². The van der Waals surface area contributed by atoms with E-state index in [9.17, 15) is 9.59 Å². The molecule has 0 bridgehead atoms. The number of rotatable bonds is 9. The van der Waals surface area contributed by atoms with Crippen LogP contribution in [0.15, 0.2) is 36.4 Å². The van der Waals surface area contributed by atoms with Gasteiger partial charge in [0.15, 0.2) is 0 Å². The van der Waals surface area contributed by atoms with Crippen molar-refractivity contribution in [1.29, 1.82) is 0 Å². The van der Waals surface area contributed by atoms with Crippen LogP contribution in [-0.4, -0.2) is 52.8 Å². The van der Waals surface area contributed by atoms with Gasteiger partial charge >= 0.3 is 0 Å². The van der Waals surface area contributed by atoms with Crippen molar-refractivity contribution in [2.45, 2.75) is 46.1 Å². The Morgan fingerprint density at radius 3 is 1.83 bits per heavy atom. The highest BCUT2D eigenvalue weighted by Gasteiger charge is 2.42. The van der Waals surface area contributed by atoms with Gasteiger partial charge in [-0.3, -0.25) is 9.59 Å². The lowest BCUT2D eigenvalue weighted by Crippen LogP contribution is -2.50. The second-order valence-electron chi connectivity index (χ2n) is 10.5. The summed E-state index contributed by atoms with van der Waals surface area (Å²) in [6.45, 7) is 7.03. The fourth-order valence-corrected chi connectivity index (χ4v) is 5.49. The molecule has 0 unspecified atom stereocenters. The second kappa shape index (κ2) is 11.1. The van der Waals surface area contributed by atoms with Gasteiger partial charge in [-0.1, -0.05) is 20.8 Å². The van der Waals surface area contributed by atoms with E-state index in [0.29, 0.717) is 40.7 Å². The molecule has 2 atom stereocenters. The third kappa shape index (κ3) is 6.42. The quantitative estimate of drug-likeness (QED) is 0.530. The summed E-state index contributed by atoms with van der Waals surface area (Å²) in [5.41, 5.74) is 0.688. The molecule has 36 heavy (non-hydrogen) atoms. The molecule has 2 N–H and O–H groups in total. The summed E-state index contributed by atoms with van der Waals surface area (Å²) < 4.78 is 21.3. The van der Waals surface area contributed by atoms with Gasteiger partial charge in [0.05, 0.1) is 39.6 Å². The van der Waals surface area contributed by atoms with E-state index >= 15 is 0 Å². The standard InChI is InChI=1S/C28H38N2O6/c1-27(2)14-18(30-26(32)22-11-9-20(34-5)13-24(22)36-7)15-28(3,16-27)17-29-25(31)21-10-8-19(33-4)12-23(21)35-6/h8-13,18H,14-17H2,1-7H3,(H,29,31)(H,30,32)/t18-,28-/m0/s1. The van der Waals surface area contributed by atoms with Gasteiger partial charge in [0.2, 0.25) is 0 Å². The first kappa shape index (κ1) is 27.2. The summed E-state index contributed by atoms with van der Waals surface area (Å²) in [5.74, 6) is 1.77. The minimum absolute atomic E-state index is 0.0164. The number of methoxy groups -OCH3 is 4. The Balaban J connectivity index is 1.71. The van der Waals surface area contributed by atoms with E-state index in [1.807, 2.05) is 0 Å². The van der Waals surface area contributed by atoms with E-state index in [2.05, 4.69) is 31.4 Å². The molecule has 2 aromatic carbocycles. The normalized spacial score (nSPS) is 20.7. The molecule has 196 valence electrons. The van der Waals surface area contributed by atoms with E-state index in [1.165, 1.54) is 14.2 Å². The van der Waals surface area contributed by atoms with Gasteiger partial charge in [-0.15, -0.1) is 0 Å². The van der Waals surface area contributed by atoms with Crippen molar-refractivity contribution in [2.24, 2.45) is 10.8 Å². The van der Waals surface area contributed by atoms with Gasteiger partial charge in [0, 0.05) is 24.7 Å². The molecule has 0 aliphatic heterocycles. The van der Waals surface area contributed by atoms with Crippen molar-refractivity contribution in [3.05, 3.63) is 47.5 Å². The molecule has 8 heteroatoms. The lowest BCUT2D eigenvalue weighted by atomic mass is 9.62. The van der Waals surface area contributed by atoms with E-state index < -0.39 is 0 Å². The summed E-state index contributed by atoms with van der Waals surface area (Å²) in [4.78, 5) is 26.2. The second-order valence-corrected chi connectivity index (χ2v) is 10.5. The number of nitrogens with one attached hydrogen (secondary N) is 2. The third-order valence-electron chi connectivity index (χ3n) is 6.76. The Bertz CT molecular complexity index is 1100. The SMILES string of the molecule is COc1ccc(C(=O)NC[C@@]2(C)C[C@@H](NC(=O)c3ccc(OC)cc3OC)CC(C)(C)C2)c(OC)c1. The Kier molecular flexibility index (Phi) is 8.38. The Morgan fingerprint density at radius 2 is 1.33 bits per heavy atom. The predicted molar refractivity (Wildman–Crippen MR) is 138 cm³/mol. The lowest BCUT2D eigenvalue weighted by molar-refractivity contribution is 0.0590. The summed E-state index contributed by atoms with van der Waals surface area (Å²) in [6.07, 6.45) is 2.49. The zero-order valence-corrected chi connectivity index (χ0v) is 22.3. The molecule has 3 rings (SSSR count). The highest BCUT2D eigenvalue weighted by atomic mass is 16.5. The smallest absolute Gasteiger partial charge is 0.255 e. The maximum absolute atomic E-state index is 13.2. The van der Waals surface area contributed by atoms with Crippen LogP contribution in [0.5, 0.6) is 23.0 Å². The first-order valence-corrected chi connectivity index (χ1v) is 12.1. The average Bonchev–Trinajstić information content (AvgIpc) is 2.85. The Morgan fingerprint density at radius 1 is 0.806 bits per heavy atom. The number of carbonyl (C=O) groups is 2. The Hall–Kier alpha value is -3.42. The van der Waals surface area contributed by atoms with Crippen LogP contribution in [0.3, 0.4) is 0 Å². The minimum Gasteiger partial charge on any atom is -0.497 e. The fourth-order valence-electron chi connectivity index (χ4n) is 5.49. The van der Waals surface area contributed by atoms with Gasteiger partial charge in [-0.2, -0.15) is 0 Å². The summed E-state index contributed by atoms with van der Waals surface area (Å²) in [6, 6.07) is 10.2. The summed E-state index contributed by atoms with van der Waals surface area (Å²) >= 11 is 0. The first-order chi connectivity index (χ1) is 17.0. The maximum atomic E-state index is 13.2. The zero-order valence-electron chi connectivity index (χ0n) is 22.3. The average molecular weight is 499 g/mol. The molecule has 0 radical (unpaired) electrons. The fraction of sp³-hybridized carbons (Fsp3) is 0.500. The largest absolute Gasteiger partial charge is 0.497 e. The van der Waals surface area contributed by atoms with E-state index in [1.54, 1.807) is 50.6 Å². The van der Waals surface area contributed by atoms with Crippen LogP contribution < -0.4 is 29.6 Å². The van der Waals surface area contributed by atoms with Crippen molar-refractivity contribution in [1.82, 2.24) is 10.6 Å².